The lowest BCUT2D eigenvalue weighted by Gasteiger charge is -2.32. The topological polar surface area (TPSA) is 38.2 Å². The molecule has 0 spiro atoms. The van der Waals surface area contributed by atoms with Gasteiger partial charge in [-0.25, -0.2) is 9.97 Å². The van der Waals surface area contributed by atoms with Crippen molar-refractivity contribution in [3.8, 4) is 11.5 Å². The van der Waals surface area contributed by atoms with E-state index in [4.69, 9.17) is 4.74 Å². The van der Waals surface area contributed by atoms with Crippen LogP contribution in [0.15, 0.2) is 42.7 Å². The number of ether oxygens (including phenoxy) is 1. The van der Waals surface area contributed by atoms with Gasteiger partial charge in [-0.1, -0.05) is 17.7 Å². The number of aryl methyl sites for hydroxylation is 4. The Morgan fingerprint density at radius 1 is 0.833 bits per heavy atom. The standard InChI is InChI=1S/C20H19N3O/c1-12-8-14(3)18(15(4)9-12)23-19-16(6-5-7-21-19)24-17-10-13(2)11-22-20(17)23/h5-11H,1-4H3. The Morgan fingerprint density at radius 2 is 1.54 bits per heavy atom. The summed E-state index contributed by atoms with van der Waals surface area (Å²) in [6.07, 6.45) is 3.65. The van der Waals surface area contributed by atoms with Gasteiger partial charge in [0.15, 0.2) is 23.1 Å². The summed E-state index contributed by atoms with van der Waals surface area (Å²) in [5.74, 6) is 3.06. The van der Waals surface area contributed by atoms with E-state index < -0.39 is 0 Å². The lowest BCUT2D eigenvalue weighted by atomic mass is 10.0. The van der Waals surface area contributed by atoms with Gasteiger partial charge in [0.1, 0.15) is 0 Å². The normalized spacial score (nSPS) is 12.4. The third-order valence-corrected chi connectivity index (χ3v) is 4.22. The molecule has 4 rings (SSSR count). The molecule has 0 saturated heterocycles. The number of hydrogen-bond donors (Lipinski definition) is 0. The smallest absolute Gasteiger partial charge is 0.182 e. The van der Waals surface area contributed by atoms with Crippen molar-refractivity contribution >= 4 is 17.3 Å². The van der Waals surface area contributed by atoms with Gasteiger partial charge in [-0.2, -0.15) is 0 Å². The highest BCUT2D eigenvalue weighted by atomic mass is 16.5. The van der Waals surface area contributed by atoms with E-state index in [0.717, 1.165) is 34.4 Å². The number of fused-ring (bicyclic) bond motifs is 2. The summed E-state index contributed by atoms with van der Waals surface area (Å²) in [6.45, 7) is 8.38. The Kier molecular flexibility index (Phi) is 3.27. The van der Waals surface area contributed by atoms with E-state index in [1.165, 1.54) is 16.7 Å². The molecule has 1 aromatic carbocycles. The maximum absolute atomic E-state index is 6.05. The van der Waals surface area contributed by atoms with Gasteiger partial charge in [0.25, 0.3) is 0 Å². The quantitative estimate of drug-likeness (QED) is 0.478. The second kappa shape index (κ2) is 5.34. The number of anilines is 3. The third-order valence-electron chi connectivity index (χ3n) is 4.22. The van der Waals surface area contributed by atoms with Crippen molar-refractivity contribution < 1.29 is 4.74 Å². The van der Waals surface area contributed by atoms with Crippen LogP contribution in [0.25, 0.3) is 0 Å². The van der Waals surface area contributed by atoms with E-state index in [1.807, 2.05) is 31.3 Å². The predicted molar refractivity (Wildman–Crippen MR) is 95.7 cm³/mol. The zero-order valence-electron chi connectivity index (χ0n) is 14.3. The fraction of sp³-hybridized carbons (Fsp3) is 0.200. The van der Waals surface area contributed by atoms with E-state index in [1.54, 1.807) is 6.20 Å². The first-order valence-corrected chi connectivity index (χ1v) is 8.02. The molecular formula is C20H19N3O. The number of aromatic nitrogens is 2. The SMILES string of the molecule is Cc1cc(C)c(N2c3ncccc3Oc3cc(C)cnc32)c(C)c1. The molecule has 0 bridgehead atoms. The van der Waals surface area contributed by atoms with Crippen molar-refractivity contribution in [1.29, 1.82) is 0 Å². The van der Waals surface area contributed by atoms with Crippen LogP contribution in [0.2, 0.25) is 0 Å². The summed E-state index contributed by atoms with van der Waals surface area (Å²) < 4.78 is 6.05. The molecule has 4 heteroatoms. The van der Waals surface area contributed by atoms with E-state index in [-0.39, 0.29) is 0 Å². The molecule has 24 heavy (non-hydrogen) atoms. The summed E-state index contributed by atoms with van der Waals surface area (Å²) >= 11 is 0. The fourth-order valence-corrected chi connectivity index (χ4v) is 3.36. The van der Waals surface area contributed by atoms with Crippen LogP contribution in [0, 0.1) is 27.7 Å². The van der Waals surface area contributed by atoms with Crippen LogP contribution < -0.4 is 9.64 Å². The zero-order chi connectivity index (χ0) is 16.8. The van der Waals surface area contributed by atoms with Crippen LogP contribution in [0.1, 0.15) is 22.3 Å². The fourth-order valence-electron chi connectivity index (χ4n) is 3.36. The van der Waals surface area contributed by atoms with Gasteiger partial charge >= 0.3 is 0 Å². The van der Waals surface area contributed by atoms with Crippen LogP contribution in [-0.4, -0.2) is 9.97 Å². The van der Waals surface area contributed by atoms with Gasteiger partial charge in [-0.15, -0.1) is 0 Å². The molecule has 0 saturated carbocycles. The first-order chi connectivity index (χ1) is 11.5. The Balaban J connectivity index is 2.02. The number of benzene rings is 1. The summed E-state index contributed by atoms with van der Waals surface area (Å²) in [5.41, 5.74) is 5.82. The van der Waals surface area contributed by atoms with E-state index in [9.17, 15) is 0 Å². The lowest BCUT2D eigenvalue weighted by molar-refractivity contribution is 0.470. The molecule has 4 nitrogen and oxygen atoms in total. The van der Waals surface area contributed by atoms with Gasteiger partial charge in [-0.3, -0.25) is 4.90 Å². The molecule has 0 unspecified atom stereocenters. The zero-order valence-corrected chi connectivity index (χ0v) is 14.3. The summed E-state index contributed by atoms with van der Waals surface area (Å²) in [7, 11) is 0. The van der Waals surface area contributed by atoms with Gasteiger partial charge < -0.3 is 4.74 Å². The molecular weight excluding hydrogens is 298 g/mol. The number of nitrogens with zero attached hydrogens (tertiary/aromatic N) is 3. The highest BCUT2D eigenvalue weighted by Gasteiger charge is 2.30. The maximum Gasteiger partial charge on any atom is 0.182 e. The van der Waals surface area contributed by atoms with E-state index >= 15 is 0 Å². The van der Waals surface area contributed by atoms with Crippen LogP contribution in [0.5, 0.6) is 11.5 Å². The van der Waals surface area contributed by atoms with E-state index in [0.29, 0.717) is 0 Å². The number of pyridine rings is 2. The summed E-state index contributed by atoms with van der Waals surface area (Å²) in [5, 5.41) is 0. The molecule has 0 amide bonds. The number of hydrogen-bond acceptors (Lipinski definition) is 4. The second-order valence-electron chi connectivity index (χ2n) is 6.34. The lowest BCUT2D eigenvalue weighted by Crippen LogP contribution is -2.20. The van der Waals surface area contributed by atoms with Gasteiger partial charge in [0.05, 0.1) is 5.69 Å². The van der Waals surface area contributed by atoms with Gasteiger partial charge in [0.2, 0.25) is 0 Å². The molecule has 0 aliphatic carbocycles. The molecule has 1 aliphatic heterocycles. The summed E-state index contributed by atoms with van der Waals surface area (Å²) in [6, 6.07) is 10.2. The Labute approximate surface area is 141 Å². The van der Waals surface area contributed by atoms with Gasteiger partial charge in [0, 0.05) is 12.4 Å². The molecule has 1 aliphatic rings. The highest BCUT2D eigenvalue weighted by molar-refractivity contribution is 5.84. The molecule has 120 valence electrons. The van der Waals surface area contributed by atoms with Crippen LogP contribution >= 0.6 is 0 Å². The maximum atomic E-state index is 6.05. The minimum atomic E-state index is 0.747. The average molecular weight is 317 g/mol. The average Bonchev–Trinajstić information content (AvgIpc) is 2.53. The molecule has 3 aromatic rings. The molecule has 3 heterocycles. The monoisotopic (exact) mass is 317 g/mol. The molecule has 0 fully saturated rings. The van der Waals surface area contributed by atoms with Crippen molar-refractivity contribution in [3.05, 3.63) is 65.0 Å². The first-order valence-electron chi connectivity index (χ1n) is 8.02. The van der Waals surface area contributed by atoms with E-state index in [2.05, 4.69) is 47.8 Å². The second-order valence-corrected chi connectivity index (χ2v) is 6.34. The largest absolute Gasteiger partial charge is 0.450 e. The first kappa shape index (κ1) is 14.7. The Morgan fingerprint density at radius 3 is 2.29 bits per heavy atom. The van der Waals surface area contributed by atoms with Crippen LogP contribution in [0.3, 0.4) is 0 Å². The summed E-state index contributed by atoms with van der Waals surface area (Å²) in [4.78, 5) is 11.3. The van der Waals surface area contributed by atoms with Crippen molar-refractivity contribution in [2.45, 2.75) is 27.7 Å². The predicted octanol–water partition coefficient (Wildman–Crippen LogP) is 5.29. The van der Waals surface area contributed by atoms with Crippen LogP contribution in [0.4, 0.5) is 17.3 Å². The molecule has 2 aromatic heterocycles. The molecule has 0 atom stereocenters. The molecule has 0 radical (unpaired) electrons. The third kappa shape index (κ3) is 2.22. The van der Waals surface area contributed by atoms with Gasteiger partial charge in [-0.05, 0) is 62.6 Å². The van der Waals surface area contributed by atoms with Crippen molar-refractivity contribution in [2.75, 3.05) is 4.90 Å². The van der Waals surface area contributed by atoms with Crippen LogP contribution in [-0.2, 0) is 0 Å². The minimum absolute atomic E-state index is 0.747. The Hall–Kier alpha value is -2.88. The minimum Gasteiger partial charge on any atom is -0.450 e. The van der Waals surface area contributed by atoms with Crippen molar-refractivity contribution in [3.63, 3.8) is 0 Å². The number of rotatable bonds is 1. The highest BCUT2D eigenvalue weighted by Crippen LogP contribution is 2.49. The molecule has 0 N–H and O–H groups in total. The Bertz CT molecular complexity index is 926. The van der Waals surface area contributed by atoms with Crippen molar-refractivity contribution in [2.24, 2.45) is 0 Å². The van der Waals surface area contributed by atoms with Crippen molar-refractivity contribution in [1.82, 2.24) is 9.97 Å².